The highest BCUT2D eigenvalue weighted by atomic mass is 35.5. The van der Waals surface area contributed by atoms with E-state index in [1.165, 1.54) is 6.07 Å². The van der Waals surface area contributed by atoms with Crippen LogP contribution in [0.15, 0.2) is 18.2 Å². The maximum atomic E-state index is 12.9. The van der Waals surface area contributed by atoms with Crippen molar-refractivity contribution in [2.75, 3.05) is 11.9 Å². The highest BCUT2D eigenvalue weighted by Gasteiger charge is 2.04. The summed E-state index contributed by atoms with van der Waals surface area (Å²) in [7, 11) is 0. The first kappa shape index (κ1) is 12.3. The summed E-state index contributed by atoms with van der Waals surface area (Å²) in [5.74, 6) is 0.290. The summed E-state index contributed by atoms with van der Waals surface area (Å²) in [6.07, 6.45) is 2.30. The van der Waals surface area contributed by atoms with E-state index in [0.717, 1.165) is 25.1 Å². The van der Waals surface area contributed by atoms with E-state index in [4.69, 9.17) is 11.6 Å². The first-order valence-electron chi connectivity index (χ1n) is 5.36. The van der Waals surface area contributed by atoms with E-state index in [9.17, 15) is 4.39 Å². The summed E-state index contributed by atoms with van der Waals surface area (Å²) in [4.78, 5) is 0. The molecule has 15 heavy (non-hydrogen) atoms. The van der Waals surface area contributed by atoms with Crippen molar-refractivity contribution in [3.05, 3.63) is 29.0 Å². The summed E-state index contributed by atoms with van der Waals surface area (Å²) >= 11 is 5.68. The number of halogens is 2. The normalized spacial score (nSPS) is 10.7. The first-order chi connectivity index (χ1) is 7.17. The van der Waals surface area contributed by atoms with Gasteiger partial charge in [0.25, 0.3) is 0 Å². The third-order valence-corrected chi connectivity index (χ3v) is 2.96. The third-order valence-electron chi connectivity index (χ3n) is 2.67. The lowest BCUT2D eigenvalue weighted by molar-refractivity contribution is 0.519. The Balaban J connectivity index is 2.54. The molecule has 0 saturated heterocycles. The predicted molar refractivity (Wildman–Crippen MR) is 64.0 cm³/mol. The zero-order valence-corrected chi connectivity index (χ0v) is 9.94. The first-order valence-corrected chi connectivity index (χ1v) is 5.74. The van der Waals surface area contributed by atoms with Crippen molar-refractivity contribution in [2.45, 2.75) is 26.7 Å². The molecular weight excluding hydrogens is 213 g/mol. The average molecular weight is 230 g/mol. The molecule has 0 fully saturated rings. The minimum Gasteiger partial charge on any atom is -0.385 e. The molecule has 84 valence electrons. The Morgan fingerprint density at radius 3 is 2.53 bits per heavy atom. The molecule has 0 bridgehead atoms. The van der Waals surface area contributed by atoms with Gasteiger partial charge in [-0.15, -0.1) is 0 Å². The van der Waals surface area contributed by atoms with Crippen molar-refractivity contribution in [2.24, 2.45) is 5.92 Å². The van der Waals surface area contributed by atoms with Gasteiger partial charge in [0.2, 0.25) is 0 Å². The van der Waals surface area contributed by atoms with Crippen molar-refractivity contribution in [1.29, 1.82) is 0 Å². The summed E-state index contributed by atoms with van der Waals surface area (Å²) in [5, 5.41) is 3.43. The van der Waals surface area contributed by atoms with Crippen LogP contribution in [0.5, 0.6) is 0 Å². The van der Waals surface area contributed by atoms with Crippen molar-refractivity contribution in [3.8, 4) is 0 Å². The van der Waals surface area contributed by atoms with Gasteiger partial charge in [0.05, 0.1) is 5.02 Å². The molecule has 0 heterocycles. The Kier molecular flexibility index (Phi) is 4.89. The molecule has 0 spiro atoms. The van der Waals surface area contributed by atoms with E-state index < -0.39 is 0 Å². The maximum absolute atomic E-state index is 12.9. The molecule has 0 atom stereocenters. The van der Waals surface area contributed by atoms with E-state index in [1.807, 2.05) is 0 Å². The standard InChI is InChI=1S/C12H17ClFN/c1-3-9(4-2)8-15-10-5-6-12(14)11(13)7-10/h5-7,9,15H,3-4,8H2,1-2H3. The van der Waals surface area contributed by atoms with Crippen LogP contribution in [0.1, 0.15) is 26.7 Å². The lowest BCUT2D eigenvalue weighted by Crippen LogP contribution is -2.12. The van der Waals surface area contributed by atoms with Crippen LogP contribution in [0.25, 0.3) is 0 Å². The molecule has 1 aromatic rings. The Bertz CT molecular complexity index is 310. The van der Waals surface area contributed by atoms with Crippen LogP contribution in [0.4, 0.5) is 10.1 Å². The van der Waals surface area contributed by atoms with Gasteiger partial charge in [-0.1, -0.05) is 38.3 Å². The van der Waals surface area contributed by atoms with Gasteiger partial charge in [-0.25, -0.2) is 4.39 Å². The molecule has 3 heteroatoms. The second kappa shape index (κ2) is 5.96. The molecule has 0 aliphatic carbocycles. The van der Waals surface area contributed by atoms with Crippen LogP contribution >= 0.6 is 11.6 Å². The third kappa shape index (κ3) is 3.71. The number of rotatable bonds is 5. The minimum absolute atomic E-state index is 0.171. The second-order valence-corrected chi connectivity index (χ2v) is 4.10. The lowest BCUT2D eigenvalue weighted by atomic mass is 10.0. The molecule has 1 aromatic carbocycles. The van der Waals surface area contributed by atoms with Crippen LogP contribution in [-0.2, 0) is 0 Å². The lowest BCUT2D eigenvalue weighted by Gasteiger charge is -2.14. The van der Waals surface area contributed by atoms with Gasteiger partial charge in [0, 0.05) is 12.2 Å². The smallest absolute Gasteiger partial charge is 0.141 e. The molecule has 0 aliphatic heterocycles. The van der Waals surface area contributed by atoms with Crippen molar-refractivity contribution >= 4 is 17.3 Å². The van der Waals surface area contributed by atoms with Gasteiger partial charge in [0.1, 0.15) is 5.82 Å². The van der Waals surface area contributed by atoms with Crippen LogP contribution in [0.3, 0.4) is 0 Å². The second-order valence-electron chi connectivity index (χ2n) is 3.69. The number of hydrogen-bond acceptors (Lipinski definition) is 1. The molecule has 0 unspecified atom stereocenters. The molecule has 0 radical (unpaired) electrons. The molecule has 1 N–H and O–H groups in total. The Hall–Kier alpha value is -0.760. The topological polar surface area (TPSA) is 12.0 Å². The molecular formula is C12H17ClFN. The SMILES string of the molecule is CCC(CC)CNc1ccc(F)c(Cl)c1. The average Bonchev–Trinajstić information content (AvgIpc) is 2.24. The van der Waals surface area contributed by atoms with Crippen LogP contribution < -0.4 is 5.32 Å². The fourth-order valence-corrected chi connectivity index (χ4v) is 1.63. The van der Waals surface area contributed by atoms with Crippen LogP contribution in [0.2, 0.25) is 5.02 Å². The summed E-state index contributed by atoms with van der Waals surface area (Å²) in [6, 6.07) is 4.72. The maximum Gasteiger partial charge on any atom is 0.141 e. The van der Waals surface area contributed by atoms with Crippen molar-refractivity contribution < 1.29 is 4.39 Å². The molecule has 1 nitrogen and oxygen atoms in total. The van der Waals surface area contributed by atoms with E-state index in [2.05, 4.69) is 19.2 Å². The Labute approximate surface area is 95.6 Å². The number of anilines is 1. The Morgan fingerprint density at radius 1 is 1.33 bits per heavy atom. The number of nitrogens with one attached hydrogen (secondary N) is 1. The predicted octanol–water partition coefficient (Wildman–Crippen LogP) is 4.33. The molecule has 0 saturated carbocycles. The molecule has 0 aliphatic rings. The monoisotopic (exact) mass is 229 g/mol. The van der Waals surface area contributed by atoms with E-state index >= 15 is 0 Å². The molecule has 1 rings (SSSR count). The van der Waals surface area contributed by atoms with E-state index in [0.29, 0.717) is 5.92 Å². The van der Waals surface area contributed by atoms with Gasteiger partial charge < -0.3 is 5.32 Å². The fraction of sp³-hybridized carbons (Fsp3) is 0.500. The highest BCUT2D eigenvalue weighted by molar-refractivity contribution is 6.31. The number of benzene rings is 1. The van der Waals surface area contributed by atoms with Crippen molar-refractivity contribution in [3.63, 3.8) is 0 Å². The van der Waals surface area contributed by atoms with Crippen LogP contribution in [-0.4, -0.2) is 6.54 Å². The van der Waals surface area contributed by atoms with Gasteiger partial charge in [-0.3, -0.25) is 0 Å². The van der Waals surface area contributed by atoms with Gasteiger partial charge in [-0.05, 0) is 24.1 Å². The van der Waals surface area contributed by atoms with Crippen molar-refractivity contribution in [1.82, 2.24) is 0 Å². The summed E-state index contributed by atoms with van der Waals surface area (Å²) < 4.78 is 12.9. The molecule has 0 amide bonds. The zero-order chi connectivity index (χ0) is 11.3. The fourth-order valence-electron chi connectivity index (χ4n) is 1.45. The van der Waals surface area contributed by atoms with E-state index in [1.54, 1.807) is 12.1 Å². The Morgan fingerprint density at radius 2 is 2.00 bits per heavy atom. The van der Waals surface area contributed by atoms with E-state index in [-0.39, 0.29) is 10.8 Å². The number of hydrogen-bond donors (Lipinski definition) is 1. The zero-order valence-electron chi connectivity index (χ0n) is 9.19. The summed E-state index contributed by atoms with van der Waals surface area (Å²) in [6.45, 7) is 5.26. The quantitative estimate of drug-likeness (QED) is 0.793. The largest absolute Gasteiger partial charge is 0.385 e. The molecule has 0 aromatic heterocycles. The summed E-state index contributed by atoms with van der Waals surface area (Å²) in [5.41, 5.74) is 0.883. The van der Waals surface area contributed by atoms with Gasteiger partial charge in [0.15, 0.2) is 0 Å². The van der Waals surface area contributed by atoms with Gasteiger partial charge >= 0.3 is 0 Å². The van der Waals surface area contributed by atoms with Crippen LogP contribution in [0, 0.1) is 11.7 Å². The highest BCUT2D eigenvalue weighted by Crippen LogP contribution is 2.20. The van der Waals surface area contributed by atoms with Gasteiger partial charge in [-0.2, -0.15) is 0 Å². The minimum atomic E-state index is -0.371.